The van der Waals surface area contributed by atoms with E-state index in [1.54, 1.807) is 6.08 Å². The molecule has 0 atom stereocenters. The van der Waals surface area contributed by atoms with Crippen molar-refractivity contribution < 1.29 is 9.84 Å². The predicted octanol–water partition coefficient (Wildman–Crippen LogP) is 3.27. The summed E-state index contributed by atoms with van der Waals surface area (Å²) < 4.78 is 5.72. The topological polar surface area (TPSA) is 29.5 Å². The zero-order valence-electron chi connectivity index (χ0n) is 10.1. The fourth-order valence-electron chi connectivity index (χ4n) is 1.64. The van der Waals surface area contributed by atoms with Crippen LogP contribution in [0.15, 0.2) is 60.7 Å². The third-order valence-electron chi connectivity index (χ3n) is 2.52. The first-order valence-electron chi connectivity index (χ1n) is 5.92. The molecule has 0 saturated carbocycles. The lowest BCUT2D eigenvalue weighted by atomic mass is 10.2. The summed E-state index contributed by atoms with van der Waals surface area (Å²) in [6.45, 7) is 0.614. The third kappa shape index (κ3) is 3.75. The summed E-state index contributed by atoms with van der Waals surface area (Å²) in [6, 6.07) is 17.9. The smallest absolute Gasteiger partial charge is 0.120 e. The Balaban J connectivity index is 1.99. The van der Waals surface area contributed by atoms with Crippen LogP contribution in [0.5, 0.6) is 5.75 Å². The third-order valence-corrected chi connectivity index (χ3v) is 2.52. The molecule has 0 bridgehead atoms. The monoisotopic (exact) mass is 240 g/mol. The number of aliphatic hydroxyl groups is 1. The molecule has 1 N–H and O–H groups in total. The van der Waals surface area contributed by atoms with Gasteiger partial charge >= 0.3 is 0 Å². The van der Waals surface area contributed by atoms with Gasteiger partial charge in [0.2, 0.25) is 0 Å². The average molecular weight is 240 g/mol. The summed E-state index contributed by atoms with van der Waals surface area (Å²) in [4.78, 5) is 0. The molecule has 0 unspecified atom stereocenters. The summed E-state index contributed by atoms with van der Waals surface area (Å²) in [5, 5.41) is 8.73. The summed E-state index contributed by atoms with van der Waals surface area (Å²) in [6.07, 6.45) is 3.58. The van der Waals surface area contributed by atoms with Gasteiger partial charge in [0.15, 0.2) is 0 Å². The van der Waals surface area contributed by atoms with Crippen LogP contribution in [0.25, 0.3) is 6.08 Å². The van der Waals surface area contributed by atoms with Gasteiger partial charge in [0, 0.05) is 0 Å². The zero-order valence-corrected chi connectivity index (χ0v) is 10.1. The van der Waals surface area contributed by atoms with Crippen LogP contribution in [0.3, 0.4) is 0 Å². The molecular weight excluding hydrogens is 224 g/mol. The highest BCUT2D eigenvalue weighted by Gasteiger charge is 1.96. The van der Waals surface area contributed by atoms with Crippen molar-refractivity contribution in [3.8, 4) is 5.75 Å². The van der Waals surface area contributed by atoms with Crippen LogP contribution >= 0.6 is 0 Å². The summed E-state index contributed by atoms with van der Waals surface area (Å²) in [5.41, 5.74) is 2.17. The van der Waals surface area contributed by atoms with Gasteiger partial charge in [0.05, 0.1) is 6.61 Å². The molecule has 0 aliphatic carbocycles. The second-order valence-corrected chi connectivity index (χ2v) is 3.93. The fraction of sp³-hybridized carbons (Fsp3) is 0.125. The molecular formula is C16H16O2. The number of benzene rings is 2. The zero-order chi connectivity index (χ0) is 12.6. The maximum Gasteiger partial charge on any atom is 0.120 e. The van der Waals surface area contributed by atoms with Crippen LogP contribution in [0.1, 0.15) is 11.1 Å². The molecule has 92 valence electrons. The van der Waals surface area contributed by atoms with Gasteiger partial charge in [-0.15, -0.1) is 0 Å². The Labute approximate surface area is 107 Å². The molecule has 0 aromatic heterocycles. The number of hydrogen-bond donors (Lipinski definition) is 1. The molecule has 2 aromatic rings. The van der Waals surface area contributed by atoms with Gasteiger partial charge in [-0.2, -0.15) is 0 Å². The standard InChI is InChI=1S/C16H16O2/c17-11-5-9-14-8-4-10-16(12-14)18-13-15-6-2-1-3-7-15/h1-10,12,17H,11,13H2. The maximum atomic E-state index is 8.73. The lowest BCUT2D eigenvalue weighted by molar-refractivity contribution is 0.306. The predicted molar refractivity (Wildman–Crippen MR) is 73.3 cm³/mol. The van der Waals surface area contributed by atoms with Crippen molar-refractivity contribution in [2.45, 2.75) is 6.61 Å². The second-order valence-electron chi connectivity index (χ2n) is 3.93. The number of hydrogen-bond acceptors (Lipinski definition) is 2. The van der Waals surface area contributed by atoms with Gasteiger partial charge in [-0.3, -0.25) is 0 Å². The molecule has 2 nitrogen and oxygen atoms in total. The Bertz CT molecular complexity index is 504. The van der Waals surface area contributed by atoms with Crippen LogP contribution in [-0.2, 0) is 6.61 Å². The van der Waals surface area contributed by atoms with Crippen molar-refractivity contribution in [2.24, 2.45) is 0 Å². The average Bonchev–Trinajstić information content (AvgIpc) is 2.44. The van der Waals surface area contributed by atoms with Crippen molar-refractivity contribution in [3.63, 3.8) is 0 Å². The molecule has 0 aliphatic rings. The van der Waals surface area contributed by atoms with E-state index in [1.165, 1.54) is 0 Å². The first kappa shape index (κ1) is 12.4. The van der Waals surface area contributed by atoms with Crippen LogP contribution in [0, 0.1) is 0 Å². The Morgan fingerprint density at radius 3 is 2.61 bits per heavy atom. The minimum atomic E-state index is 0.0507. The molecule has 2 rings (SSSR count). The van der Waals surface area contributed by atoms with E-state index in [0.29, 0.717) is 6.61 Å². The maximum absolute atomic E-state index is 8.73. The van der Waals surface area contributed by atoms with Crippen molar-refractivity contribution in [3.05, 3.63) is 71.8 Å². The van der Waals surface area contributed by atoms with Crippen LogP contribution < -0.4 is 4.74 Å². The lowest BCUT2D eigenvalue weighted by Gasteiger charge is -2.06. The van der Waals surface area contributed by atoms with E-state index in [2.05, 4.69) is 0 Å². The SMILES string of the molecule is OCC=Cc1cccc(OCc2ccccc2)c1. The second kappa shape index (κ2) is 6.62. The molecule has 0 saturated heterocycles. The lowest BCUT2D eigenvalue weighted by Crippen LogP contribution is -1.94. The Hall–Kier alpha value is -2.06. The number of aliphatic hydroxyl groups excluding tert-OH is 1. The highest BCUT2D eigenvalue weighted by atomic mass is 16.5. The van der Waals surface area contributed by atoms with Crippen molar-refractivity contribution in [1.82, 2.24) is 0 Å². The van der Waals surface area contributed by atoms with E-state index in [1.807, 2.05) is 60.7 Å². The van der Waals surface area contributed by atoms with Crippen molar-refractivity contribution >= 4 is 6.08 Å². The van der Waals surface area contributed by atoms with E-state index in [4.69, 9.17) is 9.84 Å². The first-order chi connectivity index (χ1) is 8.88. The van der Waals surface area contributed by atoms with Gasteiger partial charge in [0.1, 0.15) is 12.4 Å². The van der Waals surface area contributed by atoms with Gasteiger partial charge in [0.25, 0.3) is 0 Å². The molecule has 0 aliphatic heterocycles. The molecule has 0 radical (unpaired) electrons. The Kier molecular flexibility index (Phi) is 4.56. The van der Waals surface area contributed by atoms with E-state index in [0.717, 1.165) is 16.9 Å². The molecule has 0 amide bonds. The highest BCUT2D eigenvalue weighted by molar-refractivity contribution is 5.51. The highest BCUT2D eigenvalue weighted by Crippen LogP contribution is 2.16. The number of ether oxygens (including phenoxy) is 1. The van der Waals surface area contributed by atoms with Crippen molar-refractivity contribution in [1.29, 1.82) is 0 Å². The van der Waals surface area contributed by atoms with Crippen molar-refractivity contribution in [2.75, 3.05) is 6.61 Å². The summed E-state index contributed by atoms with van der Waals surface area (Å²) >= 11 is 0. The molecule has 2 aromatic carbocycles. The summed E-state index contributed by atoms with van der Waals surface area (Å²) in [7, 11) is 0. The van der Waals surface area contributed by atoms with E-state index in [-0.39, 0.29) is 6.61 Å². The first-order valence-corrected chi connectivity index (χ1v) is 5.92. The molecule has 0 fully saturated rings. The quantitative estimate of drug-likeness (QED) is 0.869. The fourth-order valence-corrected chi connectivity index (χ4v) is 1.64. The molecule has 2 heteroatoms. The molecule has 18 heavy (non-hydrogen) atoms. The van der Waals surface area contributed by atoms with E-state index >= 15 is 0 Å². The summed E-state index contributed by atoms with van der Waals surface area (Å²) in [5.74, 6) is 0.832. The van der Waals surface area contributed by atoms with Gasteiger partial charge in [-0.05, 0) is 23.3 Å². The van der Waals surface area contributed by atoms with Gasteiger partial charge in [-0.25, -0.2) is 0 Å². The number of rotatable bonds is 5. The minimum Gasteiger partial charge on any atom is -0.489 e. The molecule has 0 heterocycles. The van der Waals surface area contributed by atoms with Crippen LogP contribution in [-0.4, -0.2) is 11.7 Å². The van der Waals surface area contributed by atoms with E-state index < -0.39 is 0 Å². The Morgan fingerprint density at radius 1 is 1.00 bits per heavy atom. The van der Waals surface area contributed by atoms with Gasteiger partial charge < -0.3 is 9.84 Å². The Morgan fingerprint density at radius 2 is 1.83 bits per heavy atom. The van der Waals surface area contributed by atoms with E-state index in [9.17, 15) is 0 Å². The normalized spacial score (nSPS) is 10.7. The van der Waals surface area contributed by atoms with Gasteiger partial charge in [-0.1, -0.05) is 54.6 Å². The van der Waals surface area contributed by atoms with Crippen LogP contribution in [0.2, 0.25) is 0 Å². The van der Waals surface area contributed by atoms with Crippen LogP contribution in [0.4, 0.5) is 0 Å². The largest absolute Gasteiger partial charge is 0.489 e. The minimum absolute atomic E-state index is 0.0507. The molecule has 0 spiro atoms.